The SMILES string of the molecule is CCCCCCCCCCCCCC(=O)C(O)[C@@H](O)C(OP(=O)(O)O)C(=O)CCCCCCCCCCCCC.N[C@@H](CO)C(=O)O. The van der Waals surface area contributed by atoms with Crippen molar-refractivity contribution >= 4 is 25.4 Å². The van der Waals surface area contributed by atoms with Gasteiger partial charge in [0.15, 0.2) is 17.7 Å². The van der Waals surface area contributed by atoms with Gasteiger partial charge < -0.3 is 35.9 Å². The highest BCUT2D eigenvalue weighted by Crippen LogP contribution is 2.39. The first-order valence-electron chi connectivity index (χ1n) is 18.1. The van der Waals surface area contributed by atoms with E-state index in [0.29, 0.717) is 12.8 Å². The number of carbonyl (C=O) groups excluding carboxylic acids is 2. The first-order chi connectivity index (χ1) is 22.3. The number of hydrogen-bond acceptors (Lipinski definition) is 9. The van der Waals surface area contributed by atoms with Gasteiger partial charge in [0.25, 0.3) is 0 Å². The molecular weight excluding hydrogens is 629 g/mol. The summed E-state index contributed by atoms with van der Waals surface area (Å²) in [5.74, 6) is -2.54. The summed E-state index contributed by atoms with van der Waals surface area (Å²) in [5.41, 5.74) is 4.77. The number of aliphatic hydroxyl groups excluding tert-OH is 3. The third kappa shape index (κ3) is 30.5. The average molecular weight is 698 g/mol. The summed E-state index contributed by atoms with van der Waals surface area (Å²) in [6.07, 6.45) is 18.4. The molecule has 0 bridgehead atoms. The number of unbranched alkanes of at least 4 members (excludes halogenated alkanes) is 20. The second-order valence-corrected chi connectivity index (χ2v) is 13.8. The van der Waals surface area contributed by atoms with Gasteiger partial charge in [0, 0.05) is 12.8 Å². The largest absolute Gasteiger partial charge is 0.480 e. The highest BCUT2D eigenvalue weighted by Gasteiger charge is 2.39. The topological polar surface area (TPSA) is 225 Å². The van der Waals surface area contributed by atoms with Gasteiger partial charge in [-0.1, -0.05) is 142 Å². The van der Waals surface area contributed by atoms with Gasteiger partial charge >= 0.3 is 13.8 Å². The van der Waals surface area contributed by atoms with Crippen LogP contribution < -0.4 is 5.73 Å². The van der Waals surface area contributed by atoms with E-state index in [9.17, 15) is 38.9 Å². The number of aliphatic hydroxyl groups is 3. The molecule has 0 aromatic heterocycles. The van der Waals surface area contributed by atoms with E-state index in [-0.39, 0.29) is 12.8 Å². The van der Waals surface area contributed by atoms with E-state index in [1.54, 1.807) is 0 Å². The van der Waals surface area contributed by atoms with E-state index in [1.807, 2.05) is 0 Å². The zero-order valence-electron chi connectivity index (χ0n) is 29.2. The molecule has 0 aliphatic carbocycles. The average Bonchev–Trinajstić information content (AvgIpc) is 3.03. The molecule has 47 heavy (non-hydrogen) atoms. The maximum absolute atomic E-state index is 12.7. The molecule has 13 heteroatoms. The summed E-state index contributed by atoms with van der Waals surface area (Å²) in [6, 6.07) is -1.13. The first kappa shape index (κ1) is 47.9. The molecule has 12 nitrogen and oxygen atoms in total. The minimum atomic E-state index is -5.12. The monoisotopic (exact) mass is 697 g/mol. The van der Waals surface area contributed by atoms with Gasteiger partial charge in [0.2, 0.25) is 0 Å². The Labute approximate surface area is 283 Å². The molecule has 0 aliphatic rings. The van der Waals surface area contributed by atoms with E-state index < -0.39 is 56.3 Å². The molecule has 0 aromatic carbocycles. The molecule has 2 unspecified atom stereocenters. The predicted octanol–water partition coefficient (Wildman–Crippen LogP) is 6.12. The van der Waals surface area contributed by atoms with Crippen LogP contribution in [-0.4, -0.2) is 78.7 Å². The van der Waals surface area contributed by atoms with Crippen molar-refractivity contribution in [2.24, 2.45) is 5.73 Å². The fraction of sp³-hybridized carbons (Fsp3) is 0.912. The number of carboxylic acid groups (broad SMARTS) is 1. The standard InChI is InChI=1S/C31H61O8P.C3H7NO3/c1-3-5-7-9-11-13-15-17-19-21-23-25-27(32)29(34)30(35)31(39-40(36,37)38)28(33)26-24-22-20-18-16-14-12-10-8-6-4-2;4-2(1-5)3(6)7/h29-31,34-35H,3-26H2,1-2H3,(H2,36,37,38);2,5H,1,4H2,(H,6,7)/t29?,30-,31?;2-/m10/s1. The number of aliphatic carboxylic acids is 1. The van der Waals surface area contributed by atoms with Gasteiger partial charge in [-0.3, -0.25) is 18.9 Å². The Balaban J connectivity index is 0. The van der Waals surface area contributed by atoms with Crippen molar-refractivity contribution in [3.8, 4) is 0 Å². The van der Waals surface area contributed by atoms with E-state index in [2.05, 4.69) is 18.4 Å². The van der Waals surface area contributed by atoms with Crippen LogP contribution in [-0.2, 0) is 23.5 Å². The van der Waals surface area contributed by atoms with Crippen molar-refractivity contribution in [1.82, 2.24) is 0 Å². The Hall–Kier alpha value is -1.24. The van der Waals surface area contributed by atoms with Crippen LogP contribution in [0.25, 0.3) is 0 Å². The molecular formula is C34H68NO11P. The Morgan fingerprint density at radius 2 is 0.936 bits per heavy atom. The van der Waals surface area contributed by atoms with E-state index in [1.165, 1.54) is 83.5 Å². The summed E-state index contributed by atoms with van der Waals surface area (Å²) in [7, 11) is -5.12. The van der Waals surface area contributed by atoms with E-state index in [0.717, 1.165) is 44.9 Å². The van der Waals surface area contributed by atoms with Crippen molar-refractivity contribution in [3.05, 3.63) is 0 Å². The van der Waals surface area contributed by atoms with Crippen LogP contribution in [0.1, 0.15) is 168 Å². The summed E-state index contributed by atoms with van der Waals surface area (Å²) in [5, 5.41) is 36.7. The van der Waals surface area contributed by atoms with Crippen molar-refractivity contribution in [3.63, 3.8) is 0 Å². The van der Waals surface area contributed by atoms with Gasteiger partial charge in [-0.25, -0.2) is 4.57 Å². The number of phosphoric acid groups is 1. The molecule has 0 radical (unpaired) electrons. The Bertz CT molecular complexity index is 824. The van der Waals surface area contributed by atoms with Crippen LogP contribution in [0.4, 0.5) is 0 Å². The Morgan fingerprint density at radius 1 is 0.617 bits per heavy atom. The molecule has 280 valence electrons. The number of ketones is 2. The van der Waals surface area contributed by atoms with Gasteiger partial charge in [0.05, 0.1) is 6.61 Å². The van der Waals surface area contributed by atoms with Crippen LogP contribution >= 0.6 is 7.82 Å². The number of carboxylic acids is 1. The molecule has 0 heterocycles. The zero-order chi connectivity index (χ0) is 35.9. The lowest BCUT2D eigenvalue weighted by atomic mass is 9.95. The molecule has 0 amide bonds. The zero-order valence-corrected chi connectivity index (χ0v) is 30.1. The fourth-order valence-electron chi connectivity index (χ4n) is 5.11. The molecule has 0 aliphatic heterocycles. The van der Waals surface area contributed by atoms with Crippen molar-refractivity contribution in [2.45, 2.75) is 192 Å². The number of nitrogens with two attached hydrogens (primary N) is 1. The number of carbonyl (C=O) groups is 3. The van der Waals surface area contributed by atoms with Crippen molar-refractivity contribution in [1.29, 1.82) is 0 Å². The lowest BCUT2D eigenvalue weighted by Gasteiger charge is -2.25. The summed E-state index contributed by atoms with van der Waals surface area (Å²) < 4.78 is 16.0. The summed E-state index contributed by atoms with van der Waals surface area (Å²) in [4.78, 5) is 53.2. The number of hydrogen-bond donors (Lipinski definition) is 7. The normalized spacial score (nSPS) is 14.1. The lowest BCUT2D eigenvalue weighted by Crippen LogP contribution is -2.47. The summed E-state index contributed by atoms with van der Waals surface area (Å²) >= 11 is 0. The number of Topliss-reactive ketones (excluding diaryl/α,β-unsaturated/α-hetero) is 2. The van der Waals surface area contributed by atoms with Gasteiger partial charge in [-0.2, -0.15) is 0 Å². The molecule has 4 atom stereocenters. The fourth-order valence-corrected chi connectivity index (χ4v) is 5.65. The van der Waals surface area contributed by atoms with Gasteiger partial charge in [-0.05, 0) is 12.8 Å². The van der Waals surface area contributed by atoms with Gasteiger partial charge in [0.1, 0.15) is 18.2 Å². The van der Waals surface area contributed by atoms with Crippen LogP contribution in [0, 0.1) is 0 Å². The maximum Gasteiger partial charge on any atom is 0.470 e. The third-order valence-electron chi connectivity index (χ3n) is 8.10. The minimum Gasteiger partial charge on any atom is -0.480 e. The molecule has 0 rings (SSSR count). The van der Waals surface area contributed by atoms with Crippen molar-refractivity contribution < 1.29 is 53.7 Å². The van der Waals surface area contributed by atoms with Crippen LogP contribution in [0.2, 0.25) is 0 Å². The maximum atomic E-state index is 12.7. The molecule has 0 spiro atoms. The molecule has 0 fully saturated rings. The second-order valence-electron chi connectivity index (χ2n) is 12.6. The molecule has 0 saturated carbocycles. The Kier molecular flexibility index (Phi) is 32.6. The van der Waals surface area contributed by atoms with Crippen LogP contribution in [0.5, 0.6) is 0 Å². The minimum absolute atomic E-state index is 0.0324. The third-order valence-corrected chi connectivity index (χ3v) is 8.60. The first-order valence-corrected chi connectivity index (χ1v) is 19.6. The smallest absolute Gasteiger partial charge is 0.470 e. The molecule has 0 aromatic rings. The highest BCUT2D eigenvalue weighted by molar-refractivity contribution is 7.46. The number of rotatable bonds is 32. The highest BCUT2D eigenvalue weighted by atomic mass is 31.2. The van der Waals surface area contributed by atoms with Crippen LogP contribution in [0.3, 0.4) is 0 Å². The second kappa shape index (κ2) is 32.0. The lowest BCUT2D eigenvalue weighted by molar-refractivity contribution is -0.146. The molecule has 8 N–H and O–H groups in total. The van der Waals surface area contributed by atoms with E-state index >= 15 is 0 Å². The van der Waals surface area contributed by atoms with Gasteiger partial charge in [-0.15, -0.1) is 0 Å². The molecule has 0 saturated heterocycles. The quantitative estimate of drug-likeness (QED) is 0.0312. The summed E-state index contributed by atoms with van der Waals surface area (Å²) in [6.45, 7) is 3.91. The van der Waals surface area contributed by atoms with Crippen molar-refractivity contribution in [2.75, 3.05) is 6.61 Å². The number of phosphoric ester groups is 1. The van der Waals surface area contributed by atoms with E-state index in [4.69, 9.17) is 15.9 Å². The Morgan fingerprint density at radius 3 is 1.21 bits per heavy atom. The van der Waals surface area contributed by atoms with Crippen LogP contribution in [0.15, 0.2) is 0 Å². The predicted molar refractivity (Wildman–Crippen MR) is 184 cm³/mol.